The zero-order chi connectivity index (χ0) is 22.1. The Morgan fingerprint density at radius 2 is 1.90 bits per heavy atom. The van der Waals surface area contributed by atoms with Crippen molar-refractivity contribution in [1.82, 2.24) is 5.32 Å². The van der Waals surface area contributed by atoms with Gasteiger partial charge < -0.3 is 19.7 Å². The third kappa shape index (κ3) is 3.56. The predicted octanol–water partition coefficient (Wildman–Crippen LogP) is 4.90. The number of hydrogen-bond acceptors (Lipinski definition) is 4. The first-order valence-corrected chi connectivity index (χ1v) is 11.2. The van der Waals surface area contributed by atoms with E-state index in [1.54, 1.807) is 0 Å². The minimum Gasteiger partial charge on any atom is -0.490 e. The fourth-order valence-electron chi connectivity index (χ4n) is 4.76. The maximum absolute atomic E-state index is 12.5. The summed E-state index contributed by atoms with van der Waals surface area (Å²) < 4.78 is 11.7. The number of fused-ring (bicyclic) bond motifs is 3. The molecule has 1 atom stereocenters. The molecule has 2 heterocycles. The van der Waals surface area contributed by atoms with Crippen LogP contribution in [0.15, 0.2) is 48.5 Å². The summed E-state index contributed by atoms with van der Waals surface area (Å²) in [6, 6.07) is 14.5. The third-order valence-electron chi connectivity index (χ3n) is 6.39. The number of hydrogen-bond donors (Lipinski definition) is 1. The monoisotopic (exact) mass is 420 g/mol. The van der Waals surface area contributed by atoms with Crippen molar-refractivity contribution in [2.45, 2.75) is 51.6 Å². The van der Waals surface area contributed by atoms with Crippen LogP contribution in [0.2, 0.25) is 0 Å². The Morgan fingerprint density at radius 3 is 2.68 bits per heavy atom. The molecule has 5 nitrogen and oxygen atoms in total. The molecule has 0 saturated carbocycles. The number of carbonyl (C=O) groups is 1. The lowest BCUT2D eigenvalue weighted by Gasteiger charge is -2.49. The average Bonchev–Trinajstić information content (AvgIpc) is 2.96. The molecular formula is C26H32N2O3. The standard InChI is InChI=1S/C26H32N2O3/c1-5-17-31-22-12-11-19(18-23(22)30-6-2)13-15-26-25(3,4)20-9-7-8-10-21(20)28(26)16-14-24(29)27-26/h7-13,15,18H,5-6,14,16-17H2,1-4H3,(H,27,29)/b15-13+/t26-/m1/s1. The molecule has 31 heavy (non-hydrogen) atoms. The van der Waals surface area contributed by atoms with Crippen LogP contribution in [-0.4, -0.2) is 31.3 Å². The van der Waals surface area contributed by atoms with E-state index in [4.69, 9.17) is 9.47 Å². The number of amides is 1. The van der Waals surface area contributed by atoms with Gasteiger partial charge in [0.2, 0.25) is 5.91 Å². The molecule has 1 fully saturated rings. The van der Waals surface area contributed by atoms with Crippen LogP contribution in [0.3, 0.4) is 0 Å². The highest BCUT2D eigenvalue weighted by atomic mass is 16.5. The summed E-state index contributed by atoms with van der Waals surface area (Å²) in [4.78, 5) is 14.9. The van der Waals surface area contributed by atoms with Crippen molar-refractivity contribution in [3.63, 3.8) is 0 Å². The third-order valence-corrected chi connectivity index (χ3v) is 6.39. The van der Waals surface area contributed by atoms with E-state index in [0.29, 0.717) is 26.2 Å². The summed E-state index contributed by atoms with van der Waals surface area (Å²) in [5, 5.41) is 3.32. The zero-order valence-corrected chi connectivity index (χ0v) is 18.9. The normalized spacial score (nSPS) is 21.5. The van der Waals surface area contributed by atoms with Crippen LogP contribution >= 0.6 is 0 Å². The average molecular weight is 421 g/mol. The van der Waals surface area contributed by atoms with Gasteiger partial charge in [0.1, 0.15) is 5.66 Å². The molecule has 0 unspecified atom stereocenters. The second kappa shape index (κ2) is 8.29. The number of rotatable bonds is 7. The van der Waals surface area contributed by atoms with Gasteiger partial charge in [0.15, 0.2) is 11.5 Å². The Labute approximate surface area is 185 Å². The number of nitrogens with zero attached hydrogens (tertiary/aromatic N) is 1. The van der Waals surface area contributed by atoms with Gasteiger partial charge in [0.25, 0.3) is 0 Å². The molecule has 0 spiro atoms. The Bertz CT molecular complexity index is 998. The van der Waals surface area contributed by atoms with Crippen LogP contribution in [0.25, 0.3) is 6.08 Å². The van der Waals surface area contributed by atoms with E-state index in [-0.39, 0.29) is 11.3 Å². The quantitative estimate of drug-likeness (QED) is 0.692. The van der Waals surface area contributed by atoms with Crippen LogP contribution in [0.4, 0.5) is 5.69 Å². The molecule has 2 aromatic rings. The first-order chi connectivity index (χ1) is 14.9. The number of benzene rings is 2. The first-order valence-electron chi connectivity index (χ1n) is 11.2. The van der Waals surface area contributed by atoms with E-state index in [9.17, 15) is 4.79 Å². The summed E-state index contributed by atoms with van der Waals surface area (Å²) in [5.74, 6) is 1.59. The van der Waals surface area contributed by atoms with Gasteiger partial charge in [-0.2, -0.15) is 0 Å². The summed E-state index contributed by atoms with van der Waals surface area (Å²) in [7, 11) is 0. The van der Waals surface area contributed by atoms with Crippen molar-refractivity contribution < 1.29 is 14.3 Å². The lowest BCUT2D eigenvalue weighted by molar-refractivity contribution is -0.124. The van der Waals surface area contributed by atoms with Crippen LogP contribution in [-0.2, 0) is 10.2 Å². The second-order valence-electron chi connectivity index (χ2n) is 8.68. The highest BCUT2D eigenvalue weighted by molar-refractivity contribution is 5.84. The lowest BCUT2D eigenvalue weighted by atomic mass is 9.74. The van der Waals surface area contributed by atoms with Crippen molar-refractivity contribution >= 4 is 17.7 Å². The van der Waals surface area contributed by atoms with E-state index < -0.39 is 5.66 Å². The van der Waals surface area contributed by atoms with Gasteiger partial charge in [-0.25, -0.2) is 0 Å². The fourth-order valence-corrected chi connectivity index (χ4v) is 4.76. The maximum Gasteiger partial charge on any atom is 0.223 e. The van der Waals surface area contributed by atoms with E-state index in [2.05, 4.69) is 67.4 Å². The fraction of sp³-hybridized carbons (Fsp3) is 0.423. The number of nitrogens with one attached hydrogen (secondary N) is 1. The number of para-hydroxylation sites is 1. The molecule has 0 bridgehead atoms. The number of ether oxygens (including phenoxy) is 2. The van der Waals surface area contributed by atoms with Crippen LogP contribution in [0.1, 0.15) is 51.7 Å². The Hall–Kier alpha value is -2.95. The van der Waals surface area contributed by atoms with E-state index in [1.807, 2.05) is 25.1 Å². The summed E-state index contributed by atoms with van der Waals surface area (Å²) in [6.45, 7) is 10.4. The van der Waals surface area contributed by atoms with Gasteiger partial charge in [0, 0.05) is 24.1 Å². The maximum atomic E-state index is 12.5. The van der Waals surface area contributed by atoms with Crippen LogP contribution in [0.5, 0.6) is 11.5 Å². The number of anilines is 1. The van der Waals surface area contributed by atoms with Crippen molar-refractivity contribution in [2.75, 3.05) is 24.7 Å². The summed E-state index contributed by atoms with van der Waals surface area (Å²) in [5.41, 5.74) is 2.54. The van der Waals surface area contributed by atoms with Gasteiger partial charge in [-0.3, -0.25) is 4.79 Å². The van der Waals surface area contributed by atoms with Crippen molar-refractivity contribution in [3.05, 3.63) is 59.7 Å². The Balaban J connectivity index is 1.73. The molecule has 0 radical (unpaired) electrons. The minimum absolute atomic E-state index is 0.0834. The Kier molecular flexibility index (Phi) is 5.69. The molecule has 1 amide bonds. The molecule has 1 saturated heterocycles. The minimum atomic E-state index is -0.616. The van der Waals surface area contributed by atoms with E-state index in [0.717, 1.165) is 23.5 Å². The Morgan fingerprint density at radius 1 is 1.10 bits per heavy atom. The molecule has 2 aliphatic rings. The van der Waals surface area contributed by atoms with Crippen molar-refractivity contribution in [2.24, 2.45) is 0 Å². The number of carbonyl (C=O) groups excluding carboxylic acids is 1. The molecule has 1 N–H and O–H groups in total. The zero-order valence-electron chi connectivity index (χ0n) is 18.9. The molecule has 2 aromatic carbocycles. The molecular weight excluding hydrogens is 388 g/mol. The van der Waals surface area contributed by atoms with Crippen LogP contribution < -0.4 is 19.7 Å². The molecule has 0 aliphatic carbocycles. The predicted molar refractivity (Wildman–Crippen MR) is 125 cm³/mol. The second-order valence-corrected chi connectivity index (χ2v) is 8.68. The first kappa shape index (κ1) is 21.3. The van der Waals surface area contributed by atoms with Gasteiger partial charge in [0.05, 0.1) is 13.2 Å². The summed E-state index contributed by atoms with van der Waals surface area (Å²) >= 11 is 0. The highest BCUT2D eigenvalue weighted by Crippen LogP contribution is 2.52. The van der Waals surface area contributed by atoms with Crippen molar-refractivity contribution in [3.8, 4) is 11.5 Å². The molecule has 4 rings (SSSR count). The molecule has 2 aliphatic heterocycles. The highest BCUT2D eigenvalue weighted by Gasteiger charge is 2.57. The van der Waals surface area contributed by atoms with Gasteiger partial charge >= 0.3 is 0 Å². The molecule has 5 heteroatoms. The van der Waals surface area contributed by atoms with E-state index >= 15 is 0 Å². The molecule has 0 aromatic heterocycles. The smallest absolute Gasteiger partial charge is 0.223 e. The topological polar surface area (TPSA) is 50.8 Å². The molecule has 164 valence electrons. The van der Waals surface area contributed by atoms with Crippen LogP contribution in [0, 0.1) is 0 Å². The largest absolute Gasteiger partial charge is 0.490 e. The van der Waals surface area contributed by atoms with Gasteiger partial charge in [-0.15, -0.1) is 0 Å². The van der Waals surface area contributed by atoms with E-state index in [1.165, 1.54) is 11.3 Å². The lowest BCUT2D eigenvalue weighted by Crippen LogP contribution is -2.68. The SMILES string of the molecule is CCCOc1ccc(/C=C/[C@@]23NC(=O)CCN2c2ccccc2C3(C)C)cc1OCC. The summed E-state index contributed by atoms with van der Waals surface area (Å²) in [6.07, 6.45) is 5.67. The van der Waals surface area contributed by atoms with Gasteiger partial charge in [-0.05, 0) is 48.7 Å². The van der Waals surface area contributed by atoms with Crippen molar-refractivity contribution in [1.29, 1.82) is 0 Å². The van der Waals surface area contributed by atoms with Gasteiger partial charge in [-0.1, -0.05) is 51.1 Å².